The van der Waals surface area contributed by atoms with Gasteiger partial charge in [0.05, 0.1) is 5.56 Å². The highest BCUT2D eigenvalue weighted by Gasteiger charge is 2.24. The molecule has 2 N–H and O–H groups in total. The smallest absolute Gasteiger partial charge is 0.255 e. The second-order valence-corrected chi connectivity index (χ2v) is 5.83. The van der Waals surface area contributed by atoms with E-state index in [-0.39, 0.29) is 11.7 Å². The summed E-state index contributed by atoms with van der Waals surface area (Å²) in [6, 6.07) is 6.66. The number of para-hydroxylation sites is 1. The van der Waals surface area contributed by atoms with E-state index in [4.69, 9.17) is 0 Å². The number of phenolic OH excluding ortho intramolecular Hbond substituents is 1. The Bertz CT molecular complexity index is 436. The van der Waals surface area contributed by atoms with Crippen LogP contribution in [0, 0.1) is 11.8 Å². The summed E-state index contributed by atoms with van der Waals surface area (Å²) in [6.07, 6.45) is 4.96. The molecule has 2 rings (SSSR count). The number of amides is 1. The summed E-state index contributed by atoms with van der Waals surface area (Å²) in [5.74, 6) is 1.05. The van der Waals surface area contributed by atoms with Crippen LogP contribution in [0.4, 0.5) is 0 Å². The summed E-state index contributed by atoms with van der Waals surface area (Å²) >= 11 is 3.56. The minimum atomic E-state index is -0.183. The van der Waals surface area contributed by atoms with E-state index in [9.17, 15) is 9.90 Å². The number of benzene rings is 1. The molecular formula is C15H20BrNO2. The number of carbonyl (C=O) groups excluding carboxylic acids is 1. The normalized spacial score (nSPS) is 23.0. The SMILES string of the molecule is O=C(NCC1CCCCC1CBr)c1ccccc1O. The van der Waals surface area contributed by atoms with Crippen molar-refractivity contribution in [3.05, 3.63) is 29.8 Å². The van der Waals surface area contributed by atoms with E-state index in [1.807, 2.05) is 0 Å². The summed E-state index contributed by atoms with van der Waals surface area (Å²) < 4.78 is 0. The van der Waals surface area contributed by atoms with Gasteiger partial charge in [0, 0.05) is 11.9 Å². The molecule has 0 aliphatic heterocycles. The number of rotatable bonds is 4. The fourth-order valence-electron chi connectivity index (χ4n) is 2.74. The number of carbonyl (C=O) groups is 1. The van der Waals surface area contributed by atoms with Gasteiger partial charge in [0.2, 0.25) is 0 Å². The van der Waals surface area contributed by atoms with Gasteiger partial charge in [-0.05, 0) is 36.8 Å². The Morgan fingerprint density at radius 3 is 2.63 bits per heavy atom. The van der Waals surface area contributed by atoms with Crippen molar-refractivity contribution in [1.82, 2.24) is 5.32 Å². The molecule has 0 bridgehead atoms. The zero-order valence-corrected chi connectivity index (χ0v) is 12.5. The average Bonchev–Trinajstić information content (AvgIpc) is 2.45. The van der Waals surface area contributed by atoms with Gasteiger partial charge in [-0.2, -0.15) is 0 Å². The van der Waals surface area contributed by atoms with E-state index in [1.54, 1.807) is 18.2 Å². The minimum Gasteiger partial charge on any atom is -0.507 e. The Hall–Kier alpha value is -1.03. The molecule has 1 fully saturated rings. The second-order valence-electron chi connectivity index (χ2n) is 5.19. The zero-order chi connectivity index (χ0) is 13.7. The van der Waals surface area contributed by atoms with Crippen molar-refractivity contribution < 1.29 is 9.90 Å². The topological polar surface area (TPSA) is 49.3 Å². The fraction of sp³-hybridized carbons (Fsp3) is 0.533. The van der Waals surface area contributed by atoms with Crippen LogP contribution in [-0.4, -0.2) is 22.9 Å². The molecule has 0 heterocycles. The first-order valence-corrected chi connectivity index (χ1v) is 7.96. The lowest BCUT2D eigenvalue weighted by Gasteiger charge is -2.30. The molecule has 104 valence electrons. The molecule has 4 heteroatoms. The first kappa shape index (κ1) is 14.4. The van der Waals surface area contributed by atoms with Gasteiger partial charge in [-0.1, -0.05) is 40.9 Å². The monoisotopic (exact) mass is 325 g/mol. The summed E-state index contributed by atoms with van der Waals surface area (Å²) in [4.78, 5) is 12.0. The summed E-state index contributed by atoms with van der Waals surface area (Å²) in [7, 11) is 0. The highest BCUT2D eigenvalue weighted by molar-refractivity contribution is 9.09. The van der Waals surface area contributed by atoms with Crippen LogP contribution in [0.5, 0.6) is 5.75 Å². The van der Waals surface area contributed by atoms with Crippen molar-refractivity contribution in [2.24, 2.45) is 11.8 Å². The van der Waals surface area contributed by atoms with Crippen molar-refractivity contribution in [2.45, 2.75) is 25.7 Å². The Labute approximate surface area is 122 Å². The van der Waals surface area contributed by atoms with E-state index < -0.39 is 0 Å². The average molecular weight is 326 g/mol. The van der Waals surface area contributed by atoms with E-state index in [0.717, 1.165) is 5.33 Å². The zero-order valence-electron chi connectivity index (χ0n) is 10.9. The van der Waals surface area contributed by atoms with E-state index in [2.05, 4.69) is 21.2 Å². The van der Waals surface area contributed by atoms with Gasteiger partial charge in [0.15, 0.2) is 0 Å². The van der Waals surface area contributed by atoms with E-state index in [1.165, 1.54) is 31.7 Å². The molecule has 1 aliphatic carbocycles. The molecule has 0 aromatic heterocycles. The lowest BCUT2D eigenvalue weighted by atomic mass is 9.80. The number of alkyl halides is 1. The molecule has 3 nitrogen and oxygen atoms in total. The van der Waals surface area contributed by atoms with Crippen LogP contribution in [0.3, 0.4) is 0 Å². The van der Waals surface area contributed by atoms with Crippen LogP contribution in [0.1, 0.15) is 36.0 Å². The standard InChI is InChI=1S/C15H20BrNO2/c16-9-11-5-1-2-6-12(11)10-17-15(19)13-7-3-4-8-14(13)18/h3-4,7-8,11-12,18H,1-2,5-6,9-10H2,(H,17,19). The minimum absolute atomic E-state index is 0.0423. The Balaban J connectivity index is 1.91. The van der Waals surface area contributed by atoms with Crippen LogP contribution in [-0.2, 0) is 0 Å². The Kier molecular flexibility index (Phi) is 5.25. The molecule has 1 aliphatic rings. The van der Waals surface area contributed by atoms with E-state index >= 15 is 0 Å². The van der Waals surface area contributed by atoms with Crippen molar-refractivity contribution in [1.29, 1.82) is 0 Å². The summed E-state index contributed by atoms with van der Waals surface area (Å²) in [5.41, 5.74) is 0.355. The molecule has 1 aromatic carbocycles. The molecule has 2 atom stereocenters. The predicted octanol–water partition coefficient (Wildman–Crippen LogP) is 3.32. The predicted molar refractivity (Wildman–Crippen MR) is 79.7 cm³/mol. The van der Waals surface area contributed by atoms with Gasteiger partial charge in [0.1, 0.15) is 5.75 Å². The quantitative estimate of drug-likeness (QED) is 0.834. The Morgan fingerprint density at radius 2 is 1.95 bits per heavy atom. The fourth-order valence-corrected chi connectivity index (χ4v) is 3.59. The largest absolute Gasteiger partial charge is 0.507 e. The highest BCUT2D eigenvalue weighted by atomic mass is 79.9. The lowest BCUT2D eigenvalue weighted by Crippen LogP contribution is -2.34. The molecule has 1 amide bonds. The molecule has 2 unspecified atom stereocenters. The molecule has 0 saturated heterocycles. The molecule has 19 heavy (non-hydrogen) atoms. The van der Waals surface area contributed by atoms with Gasteiger partial charge in [-0.25, -0.2) is 0 Å². The molecule has 1 saturated carbocycles. The van der Waals surface area contributed by atoms with Crippen molar-refractivity contribution in [3.8, 4) is 5.75 Å². The maximum atomic E-state index is 12.0. The second kappa shape index (κ2) is 6.94. The molecule has 0 radical (unpaired) electrons. The van der Waals surface area contributed by atoms with Gasteiger partial charge in [-0.3, -0.25) is 4.79 Å². The van der Waals surface area contributed by atoms with Crippen molar-refractivity contribution in [3.63, 3.8) is 0 Å². The van der Waals surface area contributed by atoms with Gasteiger partial charge < -0.3 is 10.4 Å². The number of hydrogen-bond acceptors (Lipinski definition) is 2. The molecular weight excluding hydrogens is 306 g/mol. The van der Waals surface area contributed by atoms with Gasteiger partial charge >= 0.3 is 0 Å². The number of hydrogen-bond donors (Lipinski definition) is 2. The number of aromatic hydroxyl groups is 1. The lowest BCUT2D eigenvalue weighted by molar-refractivity contribution is 0.0934. The summed E-state index contributed by atoms with van der Waals surface area (Å²) in [5, 5.41) is 13.6. The summed E-state index contributed by atoms with van der Waals surface area (Å²) in [6.45, 7) is 0.698. The van der Waals surface area contributed by atoms with Crippen LogP contribution < -0.4 is 5.32 Å². The number of nitrogens with one attached hydrogen (secondary N) is 1. The van der Waals surface area contributed by atoms with E-state index in [0.29, 0.717) is 23.9 Å². The number of halogens is 1. The molecule has 0 spiro atoms. The molecule has 1 aromatic rings. The third-order valence-electron chi connectivity index (χ3n) is 3.94. The van der Waals surface area contributed by atoms with Crippen LogP contribution in [0.2, 0.25) is 0 Å². The van der Waals surface area contributed by atoms with Crippen molar-refractivity contribution in [2.75, 3.05) is 11.9 Å². The van der Waals surface area contributed by atoms with Gasteiger partial charge in [-0.15, -0.1) is 0 Å². The van der Waals surface area contributed by atoms with Crippen LogP contribution in [0.25, 0.3) is 0 Å². The Morgan fingerprint density at radius 1 is 1.26 bits per heavy atom. The van der Waals surface area contributed by atoms with Crippen LogP contribution in [0.15, 0.2) is 24.3 Å². The number of phenols is 1. The van der Waals surface area contributed by atoms with Crippen LogP contribution >= 0.6 is 15.9 Å². The van der Waals surface area contributed by atoms with Crippen molar-refractivity contribution >= 4 is 21.8 Å². The van der Waals surface area contributed by atoms with Gasteiger partial charge in [0.25, 0.3) is 5.91 Å². The third kappa shape index (κ3) is 3.72. The highest BCUT2D eigenvalue weighted by Crippen LogP contribution is 2.30. The first-order chi connectivity index (χ1) is 9.22. The third-order valence-corrected chi connectivity index (χ3v) is 4.77. The first-order valence-electron chi connectivity index (χ1n) is 6.84. The maximum Gasteiger partial charge on any atom is 0.255 e. The maximum absolute atomic E-state index is 12.0.